The minimum Gasteiger partial charge on any atom is -0.300 e. The molecule has 0 saturated heterocycles. The first-order valence-electron chi connectivity index (χ1n) is 4.90. The largest absolute Gasteiger partial charge is 0.300 e. The highest BCUT2D eigenvalue weighted by molar-refractivity contribution is 9.10. The Hall–Kier alpha value is -0.220. The van der Waals surface area contributed by atoms with Crippen LogP contribution in [0.15, 0.2) is 22.8 Å². The van der Waals surface area contributed by atoms with Gasteiger partial charge in [-0.25, -0.2) is 0 Å². The van der Waals surface area contributed by atoms with E-state index in [4.69, 9.17) is 0 Å². The van der Waals surface area contributed by atoms with Crippen LogP contribution in [0.5, 0.6) is 0 Å². The van der Waals surface area contributed by atoms with Crippen LogP contribution in [0.1, 0.15) is 25.0 Å². The van der Waals surface area contributed by atoms with E-state index in [1.54, 1.807) is 6.20 Å². The number of halogens is 2. The molecule has 1 rings (SSSR count). The molecule has 0 amide bonds. The molecule has 0 saturated carbocycles. The summed E-state index contributed by atoms with van der Waals surface area (Å²) in [6, 6.07) is 3.90. The number of ketones is 1. The number of hydrogen-bond acceptors (Lipinski definition) is 2. The van der Waals surface area contributed by atoms with Crippen molar-refractivity contribution in [3.8, 4) is 0 Å². The lowest BCUT2D eigenvalue weighted by molar-refractivity contribution is -0.119. The molecule has 82 valence electrons. The molecule has 0 aliphatic carbocycles. The van der Waals surface area contributed by atoms with Gasteiger partial charge in [0.2, 0.25) is 0 Å². The maximum atomic E-state index is 11.4. The highest BCUT2D eigenvalue weighted by atomic mass is 79.9. The summed E-state index contributed by atoms with van der Waals surface area (Å²) in [7, 11) is 0. The minimum atomic E-state index is 0.319. The van der Waals surface area contributed by atoms with Gasteiger partial charge in [0.25, 0.3) is 0 Å². The molecular weight excluding hydrogens is 322 g/mol. The standard InChI is InChI=1S/C11H13Br2NO/c12-7-1-2-11(15)6-5-10-4-3-9(13)8-14-10/h3-4,8H,1-2,5-7H2. The van der Waals surface area contributed by atoms with E-state index in [0.717, 1.165) is 28.3 Å². The maximum absolute atomic E-state index is 11.4. The van der Waals surface area contributed by atoms with Crippen LogP contribution < -0.4 is 0 Å². The van der Waals surface area contributed by atoms with Gasteiger partial charge < -0.3 is 0 Å². The van der Waals surface area contributed by atoms with E-state index in [1.807, 2.05) is 12.1 Å². The lowest BCUT2D eigenvalue weighted by atomic mass is 10.1. The summed E-state index contributed by atoms with van der Waals surface area (Å²) in [4.78, 5) is 15.6. The van der Waals surface area contributed by atoms with Crippen LogP contribution in [0.25, 0.3) is 0 Å². The van der Waals surface area contributed by atoms with Gasteiger partial charge in [-0.1, -0.05) is 15.9 Å². The Morgan fingerprint density at radius 2 is 2.13 bits per heavy atom. The zero-order valence-corrected chi connectivity index (χ0v) is 11.6. The van der Waals surface area contributed by atoms with Gasteiger partial charge in [-0.05, 0) is 40.9 Å². The van der Waals surface area contributed by atoms with Gasteiger partial charge in [0.1, 0.15) is 5.78 Å². The highest BCUT2D eigenvalue weighted by Gasteiger charge is 2.02. The van der Waals surface area contributed by atoms with Gasteiger partial charge in [0.15, 0.2) is 0 Å². The molecule has 1 aromatic rings. The Labute approximate surface area is 107 Å². The van der Waals surface area contributed by atoms with Crippen LogP contribution in [-0.4, -0.2) is 16.1 Å². The van der Waals surface area contributed by atoms with Gasteiger partial charge in [-0.15, -0.1) is 0 Å². The lowest BCUT2D eigenvalue weighted by Gasteiger charge is -2.00. The number of nitrogens with zero attached hydrogens (tertiary/aromatic N) is 1. The number of carbonyl (C=O) groups is 1. The average Bonchev–Trinajstić information content (AvgIpc) is 2.25. The fourth-order valence-electron chi connectivity index (χ4n) is 1.21. The molecule has 0 unspecified atom stereocenters. The summed E-state index contributed by atoms with van der Waals surface area (Å²) in [5.41, 5.74) is 0.977. The third-order valence-electron chi connectivity index (χ3n) is 2.04. The van der Waals surface area contributed by atoms with Crippen molar-refractivity contribution in [3.05, 3.63) is 28.5 Å². The quantitative estimate of drug-likeness (QED) is 0.745. The second kappa shape index (κ2) is 7.12. The summed E-state index contributed by atoms with van der Waals surface area (Å²) in [6.45, 7) is 0. The fraction of sp³-hybridized carbons (Fsp3) is 0.455. The number of hydrogen-bond donors (Lipinski definition) is 0. The van der Waals surface area contributed by atoms with Crippen LogP contribution in [-0.2, 0) is 11.2 Å². The zero-order chi connectivity index (χ0) is 11.1. The Bertz CT molecular complexity index is 311. The molecule has 2 nitrogen and oxygen atoms in total. The molecule has 0 fully saturated rings. The van der Waals surface area contributed by atoms with Crippen molar-refractivity contribution in [2.24, 2.45) is 0 Å². The first-order valence-corrected chi connectivity index (χ1v) is 6.82. The smallest absolute Gasteiger partial charge is 0.133 e. The van der Waals surface area contributed by atoms with Crippen molar-refractivity contribution in [2.75, 3.05) is 5.33 Å². The SMILES string of the molecule is O=C(CCCBr)CCc1ccc(Br)cn1. The van der Waals surface area contributed by atoms with Crippen LogP contribution in [0.2, 0.25) is 0 Å². The Kier molecular flexibility index (Phi) is 6.10. The molecule has 15 heavy (non-hydrogen) atoms. The Balaban J connectivity index is 2.30. The van der Waals surface area contributed by atoms with Crippen molar-refractivity contribution in [1.82, 2.24) is 4.98 Å². The van der Waals surface area contributed by atoms with Crippen molar-refractivity contribution in [2.45, 2.75) is 25.7 Å². The number of carbonyl (C=O) groups excluding carboxylic acids is 1. The van der Waals surface area contributed by atoms with Gasteiger partial charge in [-0.2, -0.15) is 0 Å². The molecule has 0 atom stereocenters. The first kappa shape index (κ1) is 12.8. The Morgan fingerprint density at radius 3 is 2.73 bits per heavy atom. The summed E-state index contributed by atoms with van der Waals surface area (Å²) in [5, 5.41) is 0.898. The lowest BCUT2D eigenvalue weighted by Crippen LogP contribution is -2.01. The molecule has 0 spiro atoms. The summed E-state index contributed by atoms with van der Waals surface area (Å²) in [5.74, 6) is 0.319. The minimum absolute atomic E-state index is 0.319. The van der Waals surface area contributed by atoms with E-state index < -0.39 is 0 Å². The molecular formula is C11H13Br2NO. The predicted octanol–water partition coefficient (Wildman–Crippen LogP) is 3.52. The normalized spacial score (nSPS) is 10.3. The second-order valence-corrected chi connectivity index (χ2v) is 5.01. The number of Topliss-reactive ketones (excluding diaryl/α,β-unsaturated/α-hetero) is 1. The molecule has 4 heteroatoms. The van der Waals surface area contributed by atoms with E-state index in [0.29, 0.717) is 18.6 Å². The van der Waals surface area contributed by atoms with Crippen molar-refractivity contribution < 1.29 is 4.79 Å². The molecule has 0 bridgehead atoms. The van der Waals surface area contributed by atoms with Crippen molar-refractivity contribution in [3.63, 3.8) is 0 Å². The number of alkyl halides is 1. The van der Waals surface area contributed by atoms with Crippen molar-refractivity contribution >= 4 is 37.6 Å². The average molecular weight is 335 g/mol. The molecule has 1 heterocycles. The molecule has 0 aromatic carbocycles. The molecule has 0 radical (unpaired) electrons. The van der Waals surface area contributed by atoms with E-state index in [9.17, 15) is 4.79 Å². The molecule has 0 N–H and O–H groups in total. The van der Waals surface area contributed by atoms with E-state index >= 15 is 0 Å². The number of rotatable bonds is 6. The van der Waals surface area contributed by atoms with E-state index in [1.165, 1.54) is 0 Å². The van der Waals surface area contributed by atoms with Crippen molar-refractivity contribution in [1.29, 1.82) is 0 Å². The van der Waals surface area contributed by atoms with Crippen LogP contribution in [0.4, 0.5) is 0 Å². The monoisotopic (exact) mass is 333 g/mol. The molecule has 0 aliphatic heterocycles. The van der Waals surface area contributed by atoms with Gasteiger partial charge in [0, 0.05) is 34.5 Å². The summed E-state index contributed by atoms with van der Waals surface area (Å²) in [6.07, 6.45) is 4.70. The predicted molar refractivity (Wildman–Crippen MR) is 68.3 cm³/mol. The zero-order valence-electron chi connectivity index (χ0n) is 8.38. The Morgan fingerprint density at radius 1 is 1.33 bits per heavy atom. The second-order valence-electron chi connectivity index (χ2n) is 3.30. The van der Waals surface area contributed by atoms with Gasteiger partial charge in [-0.3, -0.25) is 9.78 Å². The van der Waals surface area contributed by atoms with Crippen LogP contribution >= 0.6 is 31.9 Å². The number of aryl methyl sites for hydroxylation is 1. The third kappa shape index (κ3) is 5.42. The highest BCUT2D eigenvalue weighted by Crippen LogP contribution is 2.09. The fourth-order valence-corrected chi connectivity index (χ4v) is 1.73. The number of aromatic nitrogens is 1. The number of pyridine rings is 1. The van der Waals surface area contributed by atoms with Gasteiger partial charge in [0.05, 0.1) is 0 Å². The van der Waals surface area contributed by atoms with E-state index in [2.05, 4.69) is 36.8 Å². The summed E-state index contributed by atoms with van der Waals surface area (Å²) < 4.78 is 0.969. The van der Waals surface area contributed by atoms with E-state index in [-0.39, 0.29) is 0 Å². The van der Waals surface area contributed by atoms with Crippen LogP contribution in [0, 0.1) is 0 Å². The molecule has 1 aromatic heterocycles. The topological polar surface area (TPSA) is 30.0 Å². The first-order chi connectivity index (χ1) is 7.22. The molecule has 0 aliphatic rings. The van der Waals surface area contributed by atoms with Gasteiger partial charge >= 0.3 is 0 Å². The third-order valence-corrected chi connectivity index (χ3v) is 3.07. The maximum Gasteiger partial charge on any atom is 0.133 e. The van der Waals surface area contributed by atoms with Crippen LogP contribution in [0.3, 0.4) is 0 Å². The summed E-state index contributed by atoms with van der Waals surface area (Å²) >= 11 is 6.64.